The molecule has 1 aliphatic carbocycles. The standard InChI is InChI=1S/C11H18N4S/c1-3-7(2)16-10-6-9(15-12)13-11(14-10)8-4-5-8/h6-8H,3-5,12H2,1-2H3,(H,13,14,15). The summed E-state index contributed by atoms with van der Waals surface area (Å²) in [6.45, 7) is 4.39. The van der Waals surface area contributed by atoms with Crippen molar-refractivity contribution in [1.82, 2.24) is 9.97 Å². The van der Waals surface area contributed by atoms with Crippen molar-refractivity contribution < 1.29 is 0 Å². The van der Waals surface area contributed by atoms with E-state index in [4.69, 9.17) is 5.84 Å². The lowest BCUT2D eigenvalue weighted by molar-refractivity contribution is 0.863. The fourth-order valence-electron chi connectivity index (χ4n) is 1.39. The van der Waals surface area contributed by atoms with Gasteiger partial charge in [-0.05, 0) is 19.3 Å². The van der Waals surface area contributed by atoms with Crippen LogP contribution in [0.3, 0.4) is 0 Å². The molecular weight excluding hydrogens is 220 g/mol. The van der Waals surface area contributed by atoms with Crippen LogP contribution in [-0.2, 0) is 0 Å². The first kappa shape index (κ1) is 11.7. The van der Waals surface area contributed by atoms with Crippen LogP contribution in [0.1, 0.15) is 44.9 Å². The Hall–Kier alpha value is -0.810. The highest BCUT2D eigenvalue weighted by Gasteiger charge is 2.27. The number of rotatable bonds is 5. The van der Waals surface area contributed by atoms with Crippen LogP contribution in [0.15, 0.2) is 11.1 Å². The second kappa shape index (κ2) is 5.01. The first-order chi connectivity index (χ1) is 7.72. The molecule has 4 nitrogen and oxygen atoms in total. The molecule has 0 aliphatic heterocycles. The van der Waals surface area contributed by atoms with Crippen LogP contribution in [0.2, 0.25) is 0 Å². The van der Waals surface area contributed by atoms with Crippen LogP contribution in [0, 0.1) is 0 Å². The van der Waals surface area contributed by atoms with Gasteiger partial charge in [0.25, 0.3) is 0 Å². The van der Waals surface area contributed by atoms with Gasteiger partial charge >= 0.3 is 0 Å². The highest BCUT2D eigenvalue weighted by molar-refractivity contribution is 7.99. The third kappa shape index (κ3) is 2.86. The largest absolute Gasteiger partial charge is 0.308 e. The van der Waals surface area contributed by atoms with E-state index in [1.807, 2.05) is 6.07 Å². The van der Waals surface area contributed by atoms with Crippen molar-refractivity contribution in [2.45, 2.75) is 49.3 Å². The Labute approximate surface area is 100 Å². The molecule has 1 atom stereocenters. The molecule has 1 heterocycles. The molecule has 0 aromatic carbocycles. The van der Waals surface area contributed by atoms with Gasteiger partial charge in [0.2, 0.25) is 0 Å². The van der Waals surface area contributed by atoms with E-state index in [0.29, 0.717) is 11.2 Å². The SMILES string of the molecule is CCC(C)Sc1cc(NN)nc(C2CC2)n1. The number of nitrogen functional groups attached to an aromatic ring is 1. The summed E-state index contributed by atoms with van der Waals surface area (Å²) < 4.78 is 0. The molecule has 1 aliphatic rings. The summed E-state index contributed by atoms with van der Waals surface area (Å²) in [5, 5.41) is 1.60. The normalized spacial score (nSPS) is 17.2. The Morgan fingerprint density at radius 3 is 2.88 bits per heavy atom. The zero-order valence-electron chi connectivity index (χ0n) is 9.73. The number of nitrogens with two attached hydrogens (primary N) is 1. The molecule has 5 heteroatoms. The molecule has 0 spiro atoms. The zero-order valence-corrected chi connectivity index (χ0v) is 10.5. The van der Waals surface area contributed by atoms with Crippen LogP contribution in [0.4, 0.5) is 5.82 Å². The number of nitrogens with zero attached hydrogens (tertiary/aromatic N) is 2. The van der Waals surface area contributed by atoms with E-state index >= 15 is 0 Å². The maximum Gasteiger partial charge on any atom is 0.144 e. The molecule has 1 saturated carbocycles. The van der Waals surface area contributed by atoms with Gasteiger partial charge in [0.1, 0.15) is 16.7 Å². The molecule has 88 valence electrons. The van der Waals surface area contributed by atoms with Crippen LogP contribution in [-0.4, -0.2) is 15.2 Å². The second-order valence-electron chi connectivity index (χ2n) is 4.20. The van der Waals surface area contributed by atoms with Gasteiger partial charge in [-0.25, -0.2) is 15.8 Å². The minimum Gasteiger partial charge on any atom is -0.308 e. The summed E-state index contributed by atoms with van der Waals surface area (Å²) in [6.07, 6.45) is 3.56. The summed E-state index contributed by atoms with van der Waals surface area (Å²) in [7, 11) is 0. The van der Waals surface area contributed by atoms with E-state index in [2.05, 4.69) is 29.2 Å². The number of hydrogen-bond donors (Lipinski definition) is 2. The van der Waals surface area contributed by atoms with E-state index in [1.165, 1.54) is 12.8 Å². The average Bonchev–Trinajstić information content (AvgIpc) is 3.12. The number of thioether (sulfide) groups is 1. The van der Waals surface area contributed by atoms with Crippen LogP contribution < -0.4 is 11.3 Å². The van der Waals surface area contributed by atoms with Gasteiger partial charge in [-0.1, -0.05) is 13.8 Å². The summed E-state index contributed by atoms with van der Waals surface area (Å²) >= 11 is 1.79. The first-order valence-corrected chi connectivity index (χ1v) is 6.63. The van der Waals surface area contributed by atoms with Gasteiger partial charge in [0, 0.05) is 17.2 Å². The van der Waals surface area contributed by atoms with Gasteiger partial charge in [-0.2, -0.15) is 0 Å². The Bertz CT molecular complexity index is 365. The van der Waals surface area contributed by atoms with Crippen molar-refractivity contribution in [1.29, 1.82) is 0 Å². The Morgan fingerprint density at radius 2 is 2.31 bits per heavy atom. The molecular formula is C11H18N4S. The van der Waals surface area contributed by atoms with Crippen molar-refractivity contribution in [3.05, 3.63) is 11.9 Å². The lowest BCUT2D eigenvalue weighted by Gasteiger charge is -2.10. The molecule has 16 heavy (non-hydrogen) atoms. The maximum atomic E-state index is 5.42. The fourth-order valence-corrected chi connectivity index (χ4v) is 2.30. The molecule has 0 radical (unpaired) electrons. The van der Waals surface area contributed by atoms with Gasteiger partial charge < -0.3 is 5.43 Å². The van der Waals surface area contributed by atoms with Crippen molar-refractivity contribution in [2.75, 3.05) is 5.43 Å². The van der Waals surface area contributed by atoms with E-state index in [9.17, 15) is 0 Å². The van der Waals surface area contributed by atoms with Crippen molar-refractivity contribution in [3.63, 3.8) is 0 Å². The average molecular weight is 238 g/mol. The van der Waals surface area contributed by atoms with Crippen molar-refractivity contribution in [2.24, 2.45) is 5.84 Å². The summed E-state index contributed by atoms with van der Waals surface area (Å²) in [6, 6.07) is 1.92. The van der Waals surface area contributed by atoms with Gasteiger partial charge in [0.05, 0.1) is 0 Å². The van der Waals surface area contributed by atoms with Gasteiger partial charge in [-0.3, -0.25) is 0 Å². The molecule has 0 saturated heterocycles. The van der Waals surface area contributed by atoms with Crippen LogP contribution in [0.25, 0.3) is 0 Å². The summed E-state index contributed by atoms with van der Waals surface area (Å²) in [5.41, 5.74) is 2.62. The Morgan fingerprint density at radius 1 is 1.56 bits per heavy atom. The summed E-state index contributed by atoms with van der Waals surface area (Å²) in [4.78, 5) is 8.97. The maximum absolute atomic E-state index is 5.42. The molecule has 3 N–H and O–H groups in total. The smallest absolute Gasteiger partial charge is 0.144 e. The number of aromatic nitrogens is 2. The minimum absolute atomic E-state index is 0.560. The highest BCUT2D eigenvalue weighted by atomic mass is 32.2. The van der Waals surface area contributed by atoms with E-state index in [-0.39, 0.29) is 0 Å². The molecule has 1 fully saturated rings. The topological polar surface area (TPSA) is 63.8 Å². The van der Waals surface area contributed by atoms with Crippen LogP contribution >= 0.6 is 11.8 Å². The third-order valence-electron chi connectivity index (χ3n) is 2.71. The third-order valence-corrected chi connectivity index (χ3v) is 3.89. The second-order valence-corrected chi connectivity index (χ2v) is 5.66. The molecule has 1 aromatic rings. The molecule has 1 aromatic heterocycles. The monoisotopic (exact) mass is 238 g/mol. The Kier molecular flexibility index (Phi) is 3.66. The number of nitrogens with one attached hydrogen (secondary N) is 1. The fraction of sp³-hybridized carbons (Fsp3) is 0.636. The molecule has 1 unspecified atom stereocenters. The number of anilines is 1. The van der Waals surface area contributed by atoms with Gasteiger partial charge in [-0.15, -0.1) is 11.8 Å². The van der Waals surface area contributed by atoms with Crippen LogP contribution in [0.5, 0.6) is 0 Å². The lowest BCUT2D eigenvalue weighted by Crippen LogP contribution is -2.11. The molecule has 2 rings (SSSR count). The quantitative estimate of drug-likeness (QED) is 0.357. The van der Waals surface area contributed by atoms with E-state index in [1.54, 1.807) is 11.8 Å². The van der Waals surface area contributed by atoms with E-state index in [0.717, 1.165) is 23.1 Å². The minimum atomic E-state index is 0.560. The number of hydrazine groups is 1. The summed E-state index contributed by atoms with van der Waals surface area (Å²) in [5.74, 6) is 7.65. The highest BCUT2D eigenvalue weighted by Crippen LogP contribution is 2.39. The van der Waals surface area contributed by atoms with Gasteiger partial charge in [0.15, 0.2) is 0 Å². The van der Waals surface area contributed by atoms with Crippen molar-refractivity contribution in [3.8, 4) is 0 Å². The Balaban J connectivity index is 2.18. The molecule has 0 amide bonds. The number of hydrogen-bond acceptors (Lipinski definition) is 5. The zero-order chi connectivity index (χ0) is 11.5. The van der Waals surface area contributed by atoms with E-state index < -0.39 is 0 Å². The lowest BCUT2D eigenvalue weighted by atomic mass is 10.4. The molecule has 0 bridgehead atoms. The van der Waals surface area contributed by atoms with Crippen molar-refractivity contribution >= 4 is 17.6 Å². The predicted octanol–water partition coefficient (Wildman–Crippen LogP) is 2.53. The first-order valence-electron chi connectivity index (χ1n) is 5.75. The predicted molar refractivity (Wildman–Crippen MR) is 67.4 cm³/mol.